The van der Waals surface area contributed by atoms with E-state index in [-0.39, 0.29) is 23.8 Å². The monoisotopic (exact) mass is 321 g/mol. The van der Waals surface area contributed by atoms with Crippen molar-refractivity contribution < 1.29 is 4.79 Å². The molecule has 0 aliphatic rings. The van der Waals surface area contributed by atoms with Crippen LogP contribution in [0.3, 0.4) is 0 Å². The first-order valence-electron chi connectivity index (χ1n) is 7.60. The summed E-state index contributed by atoms with van der Waals surface area (Å²) in [5, 5.41) is 0.387. The number of anilines is 1. The lowest BCUT2D eigenvalue weighted by Gasteiger charge is -2.22. The molecular weight excluding hydrogens is 298 g/mol. The minimum atomic E-state index is -0.328. The van der Waals surface area contributed by atoms with E-state index in [1.54, 1.807) is 11.0 Å². The molecule has 0 unspecified atom stereocenters. The third-order valence-electron chi connectivity index (χ3n) is 3.53. The number of fused-ring (bicyclic) bond motifs is 1. The topological polar surface area (TPSA) is 160 Å². The highest BCUT2D eigenvalue weighted by atomic mass is 16.2. The van der Waals surface area contributed by atoms with Crippen molar-refractivity contribution in [2.75, 3.05) is 31.9 Å². The van der Waals surface area contributed by atoms with E-state index >= 15 is 0 Å². The van der Waals surface area contributed by atoms with Gasteiger partial charge in [0.05, 0.1) is 11.8 Å². The molecule has 0 saturated carbocycles. The highest BCUT2D eigenvalue weighted by Gasteiger charge is 2.15. The van der Waals surface area contributed by atoms with E-state index in [4.69, 9.17) is 17.2 Å². The first-order valence-corrected chi connectivity index (χ1v) is 7.60. The summed E-state index contributed by atoms with van der Waals surface area (Å²) in [6.07, 6.45) is 1.63. The predicted octanol–water partition coefficient (Wildman–Crippen LogP) is -1.10. The van der Waals surface area contributed by atoms with Gasteiger partial charge in [-0.2, -0.15) is 4.98 Å². The summed E-state index contributed by atoms with van der Waals surface area (Å²) in [6.45, 7) is 2.25. The van der Waals surface area contributed by atoms with E-state index in [0.29, 0.717) is 42.9 Å². The largest absolute Gasteiger partial charge is 0.369 e. The zero-order chi connectivity index (χ0) is 16.8. The normalized spacial score (nSPS) is 11.0. The molecule has 9 heteroatoms. The van der Waals surface area contributed by atoms with Crippen LogP contribution in [0.4, 0.5) is 5.95 Å². The van der Waals surface area contributed by atoms with Crippen LogP contribution in [0, 0.1) is 0 Å². The standard InChI is InChI=1S/C14H23N7O2/c15-3-1-5-21(6-2-4-16)11(22)8-9-7-10-12(18-9)19-14(17)20-13(10)23/h7H,1-6,8,15-16H2,(H4,17,18,19,20,23). The summed E-state index contributed by atoms with van der Waals surface area (Å²) in [4.78, 5) is 35.4. The molecule has 9 nitrogen and oxygen atoms in total. The average molecular weight is 321 g/mol. The third kappa shape index (κ3) is 4.30. The number of amides is 1. The molecule has 0 saturated heterocycles. The van der Waals surface area contributed by atoms with E-state index in [9.17, 15) is 9.59 Å². The number of carbonyl (C=O) groups excluding carboxylic acids is 1. The average Bonchev–Trinajstić information content (AvgIpc) is 2.90. The van der Waals surface area contributed by atoms with Gasteiger partial charge in [-0.25, -0.2) is 0 Å². The van der Waals surface area contributed by atoms with Gasteiger partial charge in [0.25, 0.3) is 5.56 Å². The second kappa shape index (κ2) is 7.75. The van der Waals surface area contributed by atoms with Crippen LogP contribution in [0.25, 0.3) is 11.0 Å². The molecule has 0 atom stereocenters. The summed E-state index contributed by atoms with van der Waals surface area (Å²) in [7, 11) is 0. The van der Waals surface area contributed by atoms with Crippen molar-refractivity contribution in [1.82, 2.24) is 19.9 Å². The van der Waals surface area contributed by atoms with Crippen LogP contribution in [-0.4, -0.2) is 51.9 Å². The van der Waals surface area contributed by atoms with Gasteiger partial charge in [0.1, 0.15) is 5.65 Å². The van der Waals surface area contributed by atoms with Crippen LogP contribution in [0.2, 0.25) is 0 Å². The Hall–Kier alpha value is -2.39. The summed E-state index contributed by atoms with van der Waals surface area (Å²) in [5.74, 6) is -0.00222. The van der Waals surface area contributed by atoms with Gasteiger partial charge in [0, 0.05) is 18.8 Å². The lowest BCUT2D eigenvalue weighted by atomic mass is 10.2. The van der Waals surface area contributed by atoms with E-state index < -0.39 is 0 Å². The van der Waals surface area contributed by atoms with Crippen molar-refractivity contribution in [2.45, 2.75) is 19.3 Å². The van der Waals surface area contributed by atoms with Crippen molar-refractivity contribution >= 4 is 22.9 Å². The Morgan fingerprint density at radius 1 is 1.17 bits per heavy atom. The van der Waals surface area contributed by atoms with E-state index in [0.717, 1.165) is 12.8 Å². The van der Waals surface area contributed by atoms with Crippen molar-refractivity contribution in [1.29, 1.82) is 0 Å². The van der Waals surface area contributed by atoms with Gasteiger partial charge in [0.2, 0.25) is 11.9 Å². The fraction of sp³-hybridized carbons (Fsp3) is 0.500. The highest BCUT2D eigenvalue weighted by molar-refractivity contribution is 5.82. The lowest BCUT2D eigenvalue weighted by Crippen LogP contribution is -2.35. The second-order valence-corrected chi connectivity index (χ2v) is 5.35. The maximum absolute atomic E-state index is 12.4. The summed E-state index contributed by atoms with van der Waals surface area (Å²) in [5.41, 5.74) is 17.2. The van der Waals surface area contributed by atoms with Crippen LogP contribution in [0.5, 0.6) is 0 Å². The fourth-order valence-corrected chi connectivity index (χ4v) is 2.39. The Balaban J connectivity index is 2.13. The highest BCUT2D eigenvalue weighted by Crippen LogP contribution is 2.11. The van der Waals surface area contributed by atoms with Gasteiger partial charge in [-0.3, -0.25) is 14.6 Å². The molecule has 0 aliphatic heterocycles. The second-order valence-electron chi connectivity index (χ2n) is 5.35. The minimum Gasteiger partial charge on any atom is -0.369 e. The summed E-state index contributed by atoms with van der Waals surface area (Å²) >= 11 is 0. The van der Waals surface area contributed by atoms with Gasteiger partial charge < -0.3 is 27.1 Å². The SMILES string of the molecule is NCCCN(CCCN)C(=O)Cc1cc2c(=O)[nH]c(N)nc2[nH]1. The molecule has 0 aromatic carbocycles. The minimum absolute atomic E-state index is 0.0368. The Labute approximate surface area is 133 Å². The van der Waals surface area contributed by atoms with Gasteiger partial charge in [-0.1, -0.05) is 0 Å². The first-order chi connectivity index (χ1) is 11.0. The molecule has 0 aliphatic carbocycles. The van der Waals surface area contributed by atoms with Crippen LogP contribution in [0.1, 0.15) is 18.5 Å². The van der Waals surface area contributed by atoms with Crippen molar-refractivity contribution in [2.24, 2.45) is 11.5 Å². The van der Waals surface area contributed by atoms with Crippen LogP contribution in [-0.2, 0) is 11.2 Å². The Morgan fingerprint density at radius 3 is 2.43 bits per heavy atom. The van der Waals surface area contributed by atoms with Gasteiger partial charge in [-0.05, 0) is 32.0 Å². The number of aromatic nitrogens is 3. The van der Waals surface area contributed by atoms with E-state index in [1.165, 1.54) is 0 Å². The maximum Gasteiger partial charge on any atom is 0.261 e. The Bertz CT molecular complexity index is 713. The quantitative estimate of drug-likeness (QED) is 0.415. The van der Waals surface area contributed by atoms with E-state index in [2.05, 4.69) is 15.0 Å². The van der Waals surface area contributed by atoms with Gasteiger partial charge in [0.15, 0.2) is 0 Å². The number of nitrogens with one attached hydrogen (secondary N) is 2. The van der Waals surface area contributed by atoms with E-state index in [1.807, 2.05) is 0 Å². The number of H-pyrrole nitrogens is 2. The van der Waals surface area contributed by atoms with Crippen LogP contribution >= 0.6 is 0 Å². The Kier molecular flexibility index (Phi) is 5.72. The molecule has 2 heterocycles. The third-order valence-corrected chi connectivity index (χ3v) is 3.53. The van der Waals surface area contributed by atoms with Gasteiger partial charge in [-0.15, -0.1) is 0 Å². The molecule has 1 amide bonds. The molecule has 2 rings (SSSR count). The zero-order valence-electron chi connectivity index (χ0n) is 13.0. The number of hydrogen-bond donors (Lipinski definition) is 5. The number of rotatable bonds is 8. The molecule has 0 bridgehead atoms. The van der Waals surface area contributed by atoms with Crippen LogP contribution in [0.15, 0.2) is 10.9 Å². The Morgan fingerprint density at radius 2 is 1.83 bits per heavy atom. The van der Waals surface area contributed by atoms with Crippen molar-refractivity contribution in [3.05, 3.63) is 22.1 Å². The maximum atomic E-state index is 12.4. The van der Waals surface area contributed by atoms with Crippen molar-refractivity contribution in [3.63, 3.8) is 0 Å². The number of hydrogen-bond acceptors (Lipinski definition) is 6. The molecule has 0 spiro atoms. The molecular formula is C14H23N7O2. The van der Waals surface area contributed by atoms with Gasteiger partial charge >= 0.3 is 0 Å². The molecule has 2 aromatic rings. The molecule has 0 radical (unpaired) electrons. The van der Waals surface area contributed by atoms with Crippen molar-refractivity contribution in [3.8, 4) is 0 Å². The zero-order valence-corrected chi connectivity index (χ0v) is 13.0. The summed E-state index contributed by atoms with van der Waals surface area (Å²) in [6, 6.07) is 1.63. The molecule has 2 aromatic heterocycles. The molecule has 8 N–H and O–H groups in total. The molecule has 0 fully saturated rings. The summed E-state index contributed by atoms with van der Waals surface area (Å²) < 4.78 is 0. The lowest BCUT2D eigenvalue weighted by molar-refractivity contribution is -0.130. The number of nitrogens with zero attached hydrogens (tertiary/aromatic N) is 2. The number of aromatic amines is 2. The fourth-order valence-electron chi connectivity index (χ4n) is 2.39. The predicted molar refractivity (Wildman–Crippen MR) is 88.8 cm³/mol. The number of nitrogens with two attached hydrogens (primary N) is 3. The number of nitrogen functional groups attached to an aromatic ring is 1. The smallest absolute Gasteiger partial charge is 0.261 e. The first kappa shape index (κ1) is 17.0. The molecule has 23 heavy (non-hydrogen) atoms. The van der Waals surface area contributed by atoms with Crippen LogP contribution < -0.4 is 22.8 Å². The number of carbonyl (C=O) groups is 1. The molecule has 126 valence electrons.